The van der Waals surface area contributed by atoms with Crippen molar-refractivity contribution in [2.45, 2.75) is 6.92 Å². The van der Waals surface area contributed by atoms with Gasteiger partial charge in [0.1, 0.15) is 0 Å². The summed E-state index contributed by atoms with van der Waals surface area (Å²) in [6.07, 6.45) is 0. The first-order valence-electron chi connectivity index (χ1n) is 6.31. The van der Waals surface area contributed by atoms with Crippen LogP contribution in [0.3, 0.4) is 0 Å². The number of benzene rings is 2. The van der Waals surface area contributed by atoms with Crippen molar-refractivity contribution in [2.24, 2.45) is 0 Å². The van der Waals surface area contributed by atoms with Gasteiger partial charge in [0.2, 0.25) is 0 Å². The van der Waals surface area contributed by atoms with Crippen LogP contribution in [-0.4, -0.2) is 12.5 Å². The maximum Gasteiger partial charge on any atom is 0.257 e. The lowest BCUT2D eigenvalue weighted by Crippen LogP contribution is -2.15. The highest BCUT2D eigenvalue weighted by atomic mass is 79.9. The van der Waals surface area contributed by atoms with Gasteiger partial charge in [-0.15, -0.1) is 0 Å². The number of hydrogen-bond acceptors (Lipinski definition) is 2. The number of rotatable bonds is 4. The van der Waals surface area contributed by atoms with Gasteiger partial charge in [-0.3, -0.25) is 4.79 Å². The lowest BCUT2D eigenvalue weighted by Gasteiger charge is -2.13. The monoisotopic (exact) mass is 386 g/mol. The van der Waals surface area contributed by atoms with Crippen LogP contribution in [0.2, 0.25) is 10.0 Å². The molecule has 0 atom stereocenters. The highest BCUT2D eigenvalue weighted by Gasteiger charge is 2.14. The Morgan fingerprint density at radius 3 is 2.67 bits per heavy atom. The topological polar surface area (TPSA) is 41.1 Å². The third kappa shape index (κ3) is 3.90. The first kappa shape index (κ1) is 16.1. The average Bonchev–Trinajstić information content (AvgIpc) is 2.46. The standard InChI is InChI=1S/C15H13BrCl2N2O/c1-2-19-12-7-6-9(17)8-10(12)15(21)20-13-5-3-4-11(18)14(13)16/h3-8,19H,2H2,1H3,(H,20,21). The summed E-state index contributed by atoms with van der Waals surface area (Å²) in [7, 11) is 0. The maximum atomic E-state index is 12.5. The molecule has 0 saturated carbocycles. The van der Waals surface area contributed by atoms with Crippen LogP contribution in [0.4, 0.5) is 11.4 Å². The second kappa shape index (κ2) is 7.16. The third-order valence-corrected chi connectivity index (χ3v) is 4.43. The molecular formula is C15H13BrCl2N2O. The normalized spacial score (nSPS) is 10.3. The molecule has 2 aromatic carbocycles. The van der Waals surface area contributed by atoms with Gasteiger partial charge in [0, 0.05) is 17.3 Å². The van der Waals surface area contributed by atoms with Crippen molar-refractivity contribution in [3.05, 3.63) is 56.5 Å². The molecule has 3 nitrogen and oxygen atoms in total. The van der Waals surface area contributed by atoms with E-state index in [4.69, 9.17) is 23.2 Å². The summed E-state index contributed by atoms with van der Waals surface area (Å²) in [5.41, 5.74) is 1.82. The fourth-order valence-electron chi connectivity index (χ4n) is 1.84. The second-order valence-electron chi connectivity index (χ2n) is 4.28. The number of anilines is 2. The van der Waals surface area contributed by atoms with Crippen LogP contribution in [0.1, 0.15) is 17.3 Å². The number of carbonyl (C=O) groups excluding carboxylic acids is 1. The van der Waals surface area contributed by atoms with E-state index in [0.29, 0.717) is 32.3 Å². The van der Waals surface area contributed by atoms with Crippen LogP contribution in [-0.2, 0) is 0 Å². The van der Waals surface area contributed by atoms with E-state index in [1.54, 1.807) is 36.4 Å². The molecular weight excluding hydrogens is 375 g/mol. The van der Waals surface area contributed by atoms with Crippen LogP contribution < -0.4 is 10.6 Å². The van der Waals surface area contributed by atoms with Crippen molar-refractivity contribution in [3.63, 3.8) is 0 Å². The highest BCUT2D eigenvalue weighted by molar-refractivity contribution is 9.10. The number of carbonyl (C=O) groups is 1. The van der Waals surface area contributed by atoms with Crippen molar-refractivity contribution in [1.29, 1.82) is 0 Å². The van der Waals surface area contributed by atoms with Gasteiger partial charge >= 0.3 is 0 Å². The zero-order valence-corrected chi connectivity index (χ0v) is 14.3. The fourth-order valence-corrected chi connectivity index (χ4v) is 2.55. The van der Waals surface area contributed by atoms with Crippen LogP contribution >= 0.6 is 39.1 Å². The van der Waals surface area contributed by atoms with Crippen LogP contribution in [0.15, 0.2) is 40.9 Å². The number of hydrogen-bond donors (Lipinski definition) is 2. The van der Waals surface area contributed by atoms with Gasteiger partial charge in [0.25, 0.3) is 5.91 Å². The molecule has 0 aliphatic carbocycles. The van der Waals surface area contributed by atoms with E-state index in [-0.39, 0.29) is 5.91 Å². The molecule has 21 heavy (non-hydrogen) atoms. The second-order valence-corrected chi connectivity index (χ2v) is 5.91. The SMILES string of the molecule is CCNc1ccc(Cl)cc1C(=O)Nc1cccc(Cl)c1Br. The smallest absolute Gasteiger partial charge is 0.257 e. The molecule has 0 heterocycles. The lowest BCUT2D eigenvalue weighted by atomic mass is 10.1. The number of nitrogens with one attached hydrogen (secondary N) is 2. The van der Waals surface area contributed by atoms with Crippen molar-refractivity contribution in [2.75, 3.05) is 17.2 Å². The molecule has 2 aromatic rings. The Morgan fingerprint density at radius 2 is 1.95 bits per heavy atom. The van der Waals surface area contributed by atoms with Crippen LogP contribution in [0, 0.1) is 0 Å². The van der Waals surface area contributed by atoms with Crippen molar-refractivity contribution >= 4 is 56.4 Å². The molecule has 0 unspecified atom stereocenters. The largest absolute Gasteiger partial charge is 0.385 e. The van der Waals surface area contributed by atoms with E-state index in [1.807, 2.05) is 6.92 Å². The van der Waals surface area contributed by atoms with E-state index in [1.165, 1.54) is 0 Å². The summed E-state index contributed by atoms with van der Waals surface area (Å²) in [5, 5.41) is 7.00. The molecule has 0 aliphatic heterocycles. The maximum absolute atomic E-state index is 12.5. The molecule has 0 aromatic heterocycles. The molecule has 0 saturated heterocycles. The number of amides is 1. The minimum atomic E-state index is -0.253. The first-order chi connectivity index (χ1) is 10.0. The van der Waals surface area contributed by atoms with E-state index >= 15 is 0 Å². The Hall–Kier alpha value is -1.23. The summed E-state index contributed by atoms with van der Waals surface area (Å²) in [6, 6.07) is 10.4. The Bertz CT molecular complexity index is 677. The van der Waals surface area contributed by atoms with Crippen LogP contribution in [0.5, 0.6) is 0 Å². The quantitative estimate of drug-likeness (QED) is 0.733. The molecule has 0 bridgehead atoms. The lowest BCUT2D eigenvalue weighted by molar-refractivity contribution is 0.102. The van der Waals surface area contributed by atoms with E-state index < -0.39 is 0 Å². The van der Waals surface area contributed by atoms with Crippen molar-refractivity contribution < 1.29 is 4.79 Å². The van der Waals surface area contributed by atoms with Gasteiger partial charge in [-0.25, -0.2) is 0 Å². The van der Waals surface area contributed by atoms with Crippen molar-refractivity contribution in [3.8, 4) is 0 Å². The fraction of sp³-hybridized carbons (Fsp3) is 0.133. The average molecular weight is 388 g/mol. The van der Waals surface area contributed by atoms with Gasteiger partial charge in [0.15, 0.2) is 0 Å². The third-order valence-electron chi connectivity index (χ3n) is 2.79. The summed E-state index contributed by atoms with van der Waals surface area (Å²) < 4.78 is 0.645. The molecule has 0 fully saturated rings. The molecule has 2 rings (SSSR count). The van der Waals surface area contributed by atoms with Gasteiger partial charge in [0.05, 0.1) is 20.7 Å². The molecule has 6 heteroatoms. The minimum Gasteiger partial charge on any atom is -0.385 e. The zero-order chi connectivity index (χ0) is 15.4. The van der Waals surface area contributed by atoms with Gasteiger partial charge in [-0.2, -0.15) is 0 Å². The Balaban J connectivity index is 2.32. The van der Waals surface area contributed by atoms with E-state index in [0.717, 1.165) is 5.69 Å². The van der Waals surface area contributed by atoms with Crippen LogP contribution in [0.25, 0.3) is 0 Å². The minimum absolute atomic E-state index is 0.253. The molecule has 0 spiro atoms. The molecule has 0 aliphatic rings. The van der Waals surface area contributed by atoms with Gasteiger partial charge in [-0.05, 0) is 53.2 Å². The number of halogens is 3. The van der Waals surface area contributed by atoms with E-state index in [9.17, 15) is 4.79 Å². The van der Waals surface area contributed by atoms with Gasteiger partial charge < -0.3 is 10.6 Å². The molecule has 2 N–H and O–H groups in total. The summed E-state index contributed by atoms with van der Waals surface area (Å²) in [4.78, 5) is 12.5. The molecule has 0 radical (unpaired) electrons. The predicted molar refractivity (Wildman–Crippen MR) is 92.7 cm³/mol. The molecule has 1 amide bonds. The van der Waals surface area contributed by atoms with Gasteiger partial charge in [-0.1, -0.05) is 29.3 Å². The predicted octanol–water partition coefficient (Wildman–Crippen LogP) is 5.44. The summed E-state index contributed by atoms with van der Waals surface area (Å²) in [5.74, 6) is -0.253. The highest BCUT2D eigenvalue weighted by Crippen LogP contribution is 2.31. The van der Waals surface area contributed by atoms with Crippen molar-refractivity contribution in [1.82, 2.24) is 0 Å². The summed E-state index contributed by atoms with van der Waals surface area (Å²) in [6.45, 7) is 2.67. The van der Waals surface area contributed by atoms with E-state index in [2.05, 4.69) is 26.6 Å². The Morgan fingerprint density at radius 1 is 1.19 bits per heavy atom. The first-order valence-corrected chi connectivity index (χ1v) is 7.86. The molecule has 110 valence electrons. The zero-order valence-electron chi connectivity index (χ0n) is 11.2. The Labute approximate surface area is 141 Å². The summed E-state index contributed by atoms with van der Waals surface area (Å²) >= 11 is 15.4. The Kier molecular flexibility index (Phi) is 5.51.